The zero-order valence-corrected chi connectivity index (χ0v) is 8.67. The summed E-state index contributed by atoms with van der Waals surface area (Å²) in [6.45, 7) is 0. The predicted octanol–water partition coefficient (Wildman–Crippen LogP) is 2.91. The molecule has 82 valence electrons. The number of hydrogen-bond acceptors (Lipinski definition) is 2. The Labute approximate surface area is 88.9 Å². The second-order valence-corrected chi connectivity index (χ2v) is 4.83. The molecule has 0 radical (unpaired) electrons. The summed E-state index contributed by atoms with van der Waals surface area (Å²) in [5.74, 6) is -1.65. The van der Waals surface area contributed by atoms with Gasteiger partial charge < -0.3 is 0 Å². The number of ketones is 1. The molecule has 1 aromatic heterocycles. The van der Waals surface area contributed by atoms with Crippen LogP contribution in [0, 0.1) is 0 Å². The molecule has 0 saturated carbocycles. The van der Waals surface area contributed by atoms with Crippen LogP contribution in [0.25, 0.3) is 0 Å². The van der Waals surface area contributed by atoms with Gasteiger partial charge in [0.25, 0.3) is 0 Å². The SMILES string of the molecule is O=C(Cc1cc2c(s1)CCC2)C(F)(F)F. The van der Waals surface area contributed by atoms with E-state index in [0.29, 0.717) is 4.88 Å². The molecule has 1 nitrogen and oxygen atoms in total. The molecule has 15 heavy (non-hydrogen) atoms. The van der Waals surface area contributed by atoms with Crippen LogP contribution in [0.1, 0.15) is 21.7 Å². The Morgan fingerprint density at radius 3 is 2.73 bits per heavy atom. The highest BCUT2D eigenvalue weighted by Gasteiger charge is 2.38. The Kier molecular flexibility index (Phi) is 2.58. The van der Waals surface area contributed by atoms with E-state index in [4.69, 9.17) is 0 Å². The van der Waals surface area contributed by atoms with E-state index in [1.165, 1.54) is 11.3 Å². The zero-order chi connectivity index (χ0) is 11.1. The average molecular weight is 234 g/mol. The van der Waals surface area contributed by atoms with E-state index >= 15 is 0 Å². The summed E-state index contributed by atoms with van der Waals surface area (Å²) in [7, 11) is 0. The predicted molar refractivity (Wildman–Crippen MR) is 51.1 cm³/mol. The van der Waals surface area contributed by atoms with Gasteiger partial charge in [0.05, 0.1) is 6.42 Å². The van der Waals surface area contributed by atoms with Crippen molar-refractivity contribution in [2.45, 2.75) is 31.9 Å². The minimum Gasteiger partial charge on any atom is -0.289 e. The van der Waals surface area contributed by atoms with E-state index in [1.807, 2.05) is 0 Å². The van der Waals surface area contributed by atoms with E-state index in [1.54, 1.807) is 6.07 Å². The lowest BCUT2D eigenvalue weighted by atomic mass is 10.2. The van der Waals surface area contributed by atoms with Crippen molar-refractivity contribution in [3.05, 3.63) is 21.4 Å². The van der Waals surface area contributed by atoms with Gasteiger partial charge in [-0.1, -0.05) is 0 Å². The molecule has 1 aromatic rings. The average Bonchev–Trinajstić information content (AvgIpc) is 2.61. The van der Waals surface area contributed by atoms with E-state index in [9.17, 15) is 18.0 Å². The molecular weight excluding hydrogens is 225 g/mol. The minimum absolute atomic E-state index is 0.499. The van der Waals surface area contributed by atoms with Crippen LogP contribution in [0.2, 0.25) is 0 Å². The van der Waals surface area contributed by atoms with Crippen LogP contribution in [0.3, 0.4) is 0 Å². The van der Waals surface area contributed by atoms with Gasteiger partial charge in [-0.05, 0) is 30.9 Å². The van der Waals surface area contributed by atoms with Crippen LogP contribution in [-0.4, -0.2) is 12.0 Å². The molecule has 0 aromatic carbocycles. The molecule has 0 fully saturated rings. The van der Waals surface area contributed by atoms with E-state index < -0.39 is 18.4 Å². The lowest BCUT2D eigenvalue weighted by Gasteiger charge is -2.02. The summed E-state index contributed by atoms with van der Waals surface area (Å²) in [6.07, 6.45) is -2.24. The first-order chi connectivity index (χ1) is 6.97. The summed E-state index contributed by atoms with van der Waals surface area (Å²) < 4.78 is 36.0. The van der Waals surface area contributed by atoms with Crippen molar-refractivity contribution in [2.24, 2.45) is 0 Å². The number of carbonyl (C=O) groups excluding carboxylic acids is 1. The van der Waals surface area contributed by atoms with Crippen LogP contribution < -0.4 is 0 Å². The number of hydrogen-bond donors (Lipinski definition) is 0. The Hall–Kier alpha value is -0.840. The van der Waals surface area contributed by atoms with Crippen LogP contribution in [0.15, 0.2) is 6.07 Å². The molecule has 0 aliphatic heterocycles. The van der Waals surface area contributed by atoms with Gasteiger partial charge in [0.15, 0.2) is 0 Å². The highest BCUT2D eigenvalue weighted by molar-refractivity contribution is 7.12. The minimum atomic E-state index is -4.70. The maximum absolute atomic E-state index is 12.0. The van der Waals surface area contributed by atoms with Crippen molar-refractivity contribution in [2.75, 3.05) is 0 Å². The molecule has 0 spiro atoms. The second-order valence-electron chi connectivity index (χ2n) is 3.61. The van der Waals surface area contributed by atoms with Crippen molar-refractivity contribution in [1.82, 2.24) is 0 Å². The molecule has 1 aliphatic carbocycles. The highest BCUT2D eigenvalue weighted by Crippen LogP contribution is 2.32. The van der Waals surface area contributed by atoms with E-state index in [0.717, 1.165) is 29.7 Å². The summed E-state index contributed by atoms with van der Waals surface area (Å²) in [4.78, 5) is 12.4. The first-order valence-corrected chi connectivity index (χ1v) is 5.49. The second kappa shape index (κ2) is 3.63. The van der Waals surface area contributed by atoms with Crippen LogP contribution in [0.5, 0.6) is 0 Å². The van der Waals surface area contributed by atoms with Crippen molar-refractivity contribution < 1.29 is 18.0 Å². The van der Waals surface area contributed by atoms with Crippen molar-refractivity contribution in [1.29, 1.82) is 0 Å². The monoisotopic (exact) mass is 234 g/mol. The first kappa shape index (κ1) is 10.7. The topological polar surface area (TPSA) is 17.1 Å². The maximum Gasteiger partial charge on any atom is 0.450 e. The third-order valence-electron chi connectivity index (χ3n) is 2.45. The molecule has 5 heteroatoms. The van der Waals surface area contributed by atoms with Crippen molar-refractivity contribution >= 4 is 17.1 Å². The summed E-state index contributed by atoms with van der Waals surface area (Å²) in [6, 6.07) is 1.75. The molecule has 0 saturated heterocycles. The van der Waals surface area contributed by atoms with Gasteiger partial charge in [-0.2, -0.15) is 13.2 Å². The van der Waals surface area contributed by atoms with Gasteiger partial charge in [-0.15, -0.1) is 11.3 Å². The summed E-state index contributed by atoms with van der Waals surface area (Å²) in [5.41, 5.74) is 1.13. The van der Waals surface area contributed by atoms with Gasteiger partial charge in [-0.3, -0.25) is 4.79 Å². The van der Waals surface area contributed by atoms with Gasteiger partial charge >= 0.3 is 6.18 Å². The Morgan fingerprint density at radius 2 is 2.13 bits per heavy atom. The molecule has 0 atom stereocenters. The van der Waals surface area contributed by atoms with Crippen LogP contribution in [-0.2, 0) is 24.1 Å². The van der Waals surface area contributed by atoms with Crippen LogP contribution in [0.4, 0.5) is 13.2 Å². The number of fused-ring (bicyclic) bond motifs is 1. The molecule has 1 heterocycles. The van der Waals surface area contributed by atoms with E-state index in [2.05, 4.69) is 0 Å². The molecule has 1 aliphatic rings. The molecule has 0 bridgehead atoms. The maximum atomic E-state index is 12.0. The fraction of sp³-hybridized carbons (Fsp3) is 0.500. The molecule has 2 rings (SSSR count). The Balaban J connectivity index is 2.09. The quantitative estimate of drug-likeness (QED) is 0.769. The molecule has 0 amide bonds. The molecular formula is C10H9F3OS. The number of carbonyl (C=O) groups is 1. The first-order valence-electron chi connectivity index (χ1n) is 4.67. The number of thiophene rings is 1. The Bertz CT molecular complexity index is 370. The largest absolute Gasteiger partial charge is 0.450 e. The summed E-state index contributed by atoms with van der Waals surface area (Å²) >= 11 is 1.35. The third-order valence-corrected chi connectivity index (χ3v) is 3.69. The number of Topliss-reactive ketones (excluding diaryl/α,β-unsaturated/α-hetero) is 1. The van der Waals surface area contributed by atoms with Gasteiger partial charge in [0, 0.05) is 9.75 Å². The fourth-order valence-electron chi connectivity index (χ4n) is 1.74. The number of rotatable bonds is 2. The number of alkyl halides is 3. The highest BCUT2D eigenvalue weighted by atomic mass is 32.1. The van der Waals surface area contributed by atoms with Crippen molar-refractivity contribution in [3.63, 3.8) is 0 Å². The molecule has 0 N–H and O–H groups in total. The van der Waals surface area contributed by atoms with Gasteiger partial charge in [0.2, 0.25) is 5.78 Å². The fourth-order valence-corrected chi connectivity index (χ4v) is 3.00. The smallest absolute Gasteiger partial charge is 0.289 e. The standard InChI is InChI=1S/C10H9F3OS/c11-10(12,13)9(14)5-7-4-6-2-1-3-8(6)15-7/h4H,1-3,5H2. The zero-order valence-electron chi connectivity index (χ0n) is 7.86. The molecule has 0 unspecified atom stereocenters. The lowest BCUT2D eigenvalue weighted by molar-refractivity contribution is -0.170. The van der Waals surface area contributed by atoms with E-state index in [-0.39, 0.29) is 0 Å². The lowest BCUT2D eigenvalue weighted by Crippen LogP contribution is -2.24. The third kappa shape index (κ3) is 2.22. The number of halogens is 3. The summed E-state index contributed by atoms with van der Waals surface area (Å²) in [5, 5.41) is 0. The van der Waals surface area contributed by atoms with Gasteiger partial charge in [-0.25, -0.2) is 0 Å². The number of aryl methyl sites for hydroxylation is 2. The normalized spacial score (nSPS) is 15.4. The van der Waals surface area contributed by atoms with Gasteiger partial charge in [0.1, 0.15) is 0 Å². The van der Waals surface area contributed by atoms with Crippen molar-refractivity contribution in [3.8, 4) is 0 Å². The van der Waals surface area contributed by atoms with Crippen LogP contribution >= 0.6 is 11.3 Å². The Morgan fingerprint density at radius 1 is 1.40 bits per heavy atom.